The van der Waals surface area contributed by atoms with Crippen molar-refractivity contribution in [2.75, 3.05) is 25.2 Å². The zero-order valence-corrected chi connectivity index (χ0v) is 15.7. The molecule has 0 unspecified atom stereocenters. The Bertz CT molecular complexity index is 763. The maximum atomic E-state index is 12.2. The van der Waals surface area contributed by atoms with Crippen molar-refractivity contribution >= 4 is 21.7 Å². The van der Waals surface area contributed by atoms with E-state index in [4.69, 9.17) is 9.47 Å². The van der Waals surface area contributed by atoms with Gasteiger partial charge in [-0.25, -0.2) is 8.42 Å². The Morgan fingerprint density at radius 1 is 1.23 bits per heavy atom. The number of hydrogen-bond acceptors (Lipinski definition) is 6. The number of amides is 2. The van der Waals surface area contributed by atoms with Gasteiger partial charge in [0.05, 0.1) is 31.1 Å². The molecular weight excluding hydrogens is 360 g/mol. The molecule has 1 aliphatic heterocycles. The molecule has 1 aromatic carbocycles. The van der Waals surface area contributed by atoms with Crippen LogP contribution in [0.5, 0.6) is 11.5 Å². The molecule has 9 heteroatoms. The van der Waals surface area contributed by atoms with Crippen LogP contribution in [0.25, 0.3) is 0 Å². The van der Waals surface area contributed by atoms with Gasteiger partial charge in [0, 0.05) is 5.56 Å². The van der Waals surface area contributed by atoms with Crippen LogP contribution in [0.15, 0.2) is 18.2 Å². The molecule has 0 aromatic heterocycles. The molecule has 1 aliphatic rings. The third-order valence-electron chi connectivity index (χ3n) is 4.08. The lowest BCUT2D eigenvalue weighted by atomic mass is 10.1. The molecule has 1 aromatic rings. The fraction of sp³-hybridized carbons (Fsp3) is 0.529. The van der Waals surface area contributed by atoms with Crippen molar-refractivity contribution in [1.82, 2.24) is 10.9 Å². The number of sulfone groups is 1. The number of unbranched alkanes of at least 4 members (excludes halogenated alkanes) is 1. The summed E-state index contributed by atoms with van der Waals surface area (Å²) in [5, 5.41) is 0. The normalized spacial score (nSPS) is 18.2. The smallest absolute Gasteiger partial charge is 0.269 e. The first-order chi connectivity index (χ1) is 12.4. The Morgan fingerprint density at radius 3 is 2.62 bits per heavy atom. The molecule has 2 rings (SSSR count). The fourth-order valence-electron chi connectivity index (χ4n) is 2.55. The van der Waals surface area contributed by atoms with E-state index in [9.17, 15) is 18.0 Å². The first-order valence-electron chi connectivity index (χ1n) is 8.47. The average molecular weight is 384 g/mol. The number of hydrazine groups is 1. The Labute approximate surface area is 153 Å². The van der Waals surface area contributed by atoms with E-state index in [1.54, 1.807) is 12.1 Å². The van der Waals surface area contributed by atoms with Gasteiger partial charge in [-0.05, 0) is 31.0 Å². The van der Waals surface area contributed by atoms with Gasteiger partial charge in [0.1, 0.15) is 0 Å². The summed E-state index contributed by atoms with van der Waals surface area (Å²) in [6.07, 6.45) is 2.18. The van der Waals surface area contributed by atoms with Gasteiger partial charge in [0.2, 0.25) is 5.91 Å². The van der Waals surface area contributed by atoms with Gasteiger partial charge < -0.3 is 9.47 Å². The molecule has 2 N–H and O–H groups in total. The summed E-state index contributed by atoms with van der Waals surface area (Å²) >= 11 is 0. The predicted molar refractivity (Wildman–Crippen MR) is 95.8 cm³/mol. The van der Waals surface area contributed by atoms with Gasteiger partial charge in [0.25, 0.3) is 5.91 Å². The molecule has 0 aliphatic carbocycles. The summed E-state index contributed by atoms with van der Waals surface area (Å²) in [5.41, 5.74) is 4.86. The maximum absolute atomic E-state index is 12.2. The minimum atomic E-state index is -3.16. The number of nitrogens with one attached hydrogen (secondary N) is 2. The van der Waals surface area contributed by atoms with Crippen LogP contribution in [0, 0.1) is 5.92 Å². The standard InChI is InChI=1S/C17H24N2O6S/c1-3-4-8-25-14-6-5-12(10-15(14)24-2)16(20)18-19-17(21)13-7-9-26(22,23)11-13/h5-6,10,13H,3-4,7-9,11H2,1-2H3,(H,18,20)(H,19,21)/t13-/m0/s1. The number of ether oxygens (including phenoxy) is 2. The minimum Gasteiger partial charge on any atom is -0.493 e. The van der Waals surface area contributed by atoms with Gasteiger partial charge in [0.15, 0.2) is 21.3 Å². The molecule has 144 valence electrons. The number of methoxy groups -OCH3 is 1. The van der Waals surface area contributed by atoms with Crippen molar-refractivity contribution in [3.63, 3.8) is 0 Å². The van der Waals surface area contributed by atoms with Crippen molar-refractivity contribution in [3.05, 3.63) is 23.8 Å². The Hall–Kier alpha value is -2.29. The van der Waals surface area contributed by atoms with Crippen molar-refractivity contribution in [2.45, 2.75) is 26.2 Å². The number of hydrogen-bond donors (Lipinski definition) is 2. The van der Waals surface area contributed by atoms with Crippen LogP contribution in [0.3, 0.4) is 0 Å². The maximum Gasteiger partial charge on any atom is 0.269 e. The van der Waals surface area contributed by atoms with Crippen molar-refractivity contribution < 1.29 is 27.5 Å². The highest BCUT2D eigenvalue weighted by molar-refractivity contribution is 7.91. The van der Waals surface area contributed by atoms with Crippen molar-refractivity contribution in [1.29, 1.82) is 0 Å². The lowest BCUT2D eigenvalue weighted by Crippen LogP contribution is -2.44. The topological polar surface area (TPSA) is 111 Å². The zero-order valence-electron chi connectivity index (χ0n) is 14.9. The van der Waals surface area contributed by atoms with E-state index in [-0.39, 0.29) is 23.5 Å². The third kappa shape index (κ3) is 5.35. The van der Waals surface area contributed by atoms with Crippen molar-refractivity contribution in [2.24, 2.45) is 5.92 Å². The lowest BCUT2D eigenvalue weighted by molar-refractivity contribution is -0.125. The van der Waals surface area contributed by atoms with Crippen molar-refractivity contribution in [3.8, 4) is 11.5 Å². The van der Waals surface area contributed by atoms with E-state index in [2.05, 4.69) is 17.8 Å². The van der Waals surface area contributed by atoms with E-state index in [0.717, 1.165) is 12.8 Å². The Kier molecular flexibility index (Phi) is 6.84. The van der Waals surface area contributed by atoms with Gasteiger partial charge in [-0.3, -0.25) is 20.4 Å². The Morgan fingerprint density at radius 2 is 2.00 bits per heavy atom. The first kappa shape index (κ1) is 20.0. The highest BCUT2D eigenvalue weighted by atomic mass is 32.2. The molecule has 8 nitrogen and oxygen atoms in total. The summed E-state index contributed by atoms with van der Waals surface area (Å²) in [5.74, 6) is -0.908. The molecule has 0 bridgehead atoms. The lowest BCUT2D eigenvalue weighted by Gasteiger charge is -2.13. The highest BCUT2D eigenvalue weighted by Gasteiger charge is 2.33. The summed E-state index contributed by atoms with van der Waals surface area (Å²) in [6, 6.07) is 4.71. The molecule has 1 saturated heterocycles. The van der Waals surface area contributed by atoms with Gasteiger partial charge in [-0.15, -0.1) is 0 Å². The van der Waals surface area contributed by atoms with Crippen LogP contribution in [-0.2, 0) is 14.6 Å². The van der Waals surface area contributed by atoms with Crippen LogP contribution in [0.1, 0.15) is 36.5 Å². The van der Waals surface area contributed by atoms with Crippen LogP contribution >= 0.6 is 0 Å². The fourth-order valence-corrected chi connectivity index (χ4v) is 4.29. The van der Waals surface area contributed by atoms with Crippen LogP contribution in [0.4, 0.5) is 0 Å². The highest BCUT2D eigenvalue weighted by Crippen LogP contribution is 2.28. The molecular formula is C17H24N2O6S. The van der Waals surface area contributed by atoms with Crippen LogP contribution < -0.4 is 20.3 Å². The van der Waals surface area contributed by atoms with Gasteiger partial charge >= 0.3 is 0 Å². The Balaban J connectivity index is 1.93. The first-order valence-corrected chi connectivity index (χ1v) is 10.3. The summed E-state index contributed by atoms with van der Waals surface area (Å²) in [4.78, 5) is 24.1. The van der Waals surface area contributed by atoms with Gasteiger partial charge in [-0.1, -0.05) is 13.3 Å². The second-order valence-corrected chi connectivity index (χ2v) is 8.34. The van der Waals surface area contributed by atoms with E-state index in [1.165, 1.54) is 13.2 Å². The average Bonchev–Trinajstić information content (AvgIpc) is 2.99. The second kappa shape index (κ2) is 8.88. The SMILES string of the molecule is CCCCOc1ccc(C(=O)NNC(=O)[C@H]2CCS(=O)(=O)C2)cc1OC. The molecule has 1 fully saturated rings. The third-order valence-corrected chi connectivity index (χ3v) is 5.85. The number of carbonyl (C=O) groups excluding carboxylic acids is 2. The van der Waals surface area contributed by atoms with E-state index in [1.807, 2.05) is 0 Å². The molecule has 2 amide bonds. The number of benzene rings is 1. The monoisotopic (exact) mass is 384 g/mol. The molecule has 1 atom stereocenters. The van der Waals surface area contributed by atoms with E-state index >= 15 is 0 Å². The van der Waals surface area contributed by atoms with Gasteiger partial charge in [-0.2, -0.15) is 0 Å². The second-order valence-electron chi connectivity index (χ2n) is 6.11. The molecule has 0 spiro atoms. The predicted octanol–water partition coefficient (Wildman–Crippen LogP) is 1.07. The summed E-state index contributed by atoms with van der Waals surface area (Å²) < 4.78 is 33.7. The number of rotatable bonds is 7. The van der Waals surface area contributed by atoms with Crippen LogP contribution in [-0.4, -0.2) is 45.5 Å². The quantitative estimate of drug-likeness (QED) is 0.537. The molecule has 26 heavy (non-hydrogen) atoms. The minimum absolute atomic E-state index is 0.00424. The molecule has 0 radical (unpaired) electrons. The zero-order chi connectivity index (χ0) is 19.2. The largest absolute Gasteiger partial charge is 0.493 e. The summed E-state index contributed by atoms with van der Waals surface area (Å²) in [7, 11) is -1.68. The molecule has 0 saturated carbocycles. The van der Waals surface area contributed by atoms with E-state index in [0.29, 0.717) is 18.1 Å². The van der Waals surface area contributed by atoms with E-state index < -0.39 is 27.6 Å². The summed E-state index contributed by atoms with van der Waals surface area (Å²) in [6.45, 7) is 2.61. The molecule has 1 heterocycles. The van der Waals surface area contributed by atoms with Crippen LogP contribution in [0.2, 0.25) is 0 Å². The number of carbonyl (C=O) groups is 2.